The molecule has 0 bridgehead atoms. The van der Waals surface area contributed by atoms with Crippen molar-refractivity contribution in [1.29, 1.82) is 0 Å². The van der Waals surface area contributed by atoms with Crippen LogP contribution in [0.3, 0.4) is 0 Å². The zero-order valence-electron chi connectivity index (χ0n) is 10.7. The van der Waals surface area contributed by atoms with E-state index in [2.05, 4.69) is 4.72 Å². The van der Waals surface area contributed by atoms with Crippen LogP contribution in [0.4, 0.5) is 0 Å². The molecule has 0 aliphatic heterocycles. The lowest BCUT2D eigenvalue weighted by atomic mass is 10.0. The predicted octanol–water partition coefficient (Wildman–Crippen LogP) is 1.68. The van der Waals surface area contributed by atoms with E-state index in [1.807, 2.05) is 18.2 Å². The average molecular weight is 267 g/mol. The molecule has 0 spiro atoms. The van der Waals surface area contributed by atoms with Gasteiger partial charge in [0.05, 0.1) is 0 Å². The van der Waals surface area contributed by atoms with Crippen molar-refractivity contribution in [2.75, 3.05) is 13.1 Å². The summed E-state index contributed by atoms with van der Waals surface area (Å²) in [5, 5.41) is 0. The molecule has 1 aromatic carbocycles. The molecule has 0 saturated heterocycles. The van der Waals surface area contributed by atoms with E-state index in [4.69, 9.17) is 11.5 Å². The Morgan fingerprint density at radius 3 is 2.72 bits per heavy atom. The maximum Gasteiger partial charge on any atom is 0.160 e. The Balaban J connectivity index is 2.54. The zero-order valence-corrected chi connectivity index (χ0v) is 11.6. The van der Waals surface area contributed by atoms with Gasteiger partial charge in [0.15, 0.2) is 5.78 Å². The van der Waals surface area contributed by atoms with Crippen LogP contribution in [0.1, 0.15) is 35.7 Å². The highest BCUT2D eigenvalue weighted by Gasteiger charge is 2.07. The maximum atomic E-state index is 11.4. The molecule has 1 rings (SSSR count). The Morgan fingerprint density at radius 1 is 1.33 bits per heavy atom. The Labute approximate surface area is 113 Å². The number of hydrogen-bond acceptors (Lipinski definition) is 5. The molecule has 5 heteroatoms. The van der Waals surface area contributed by atoms with Crippen molar-refractivity contribution in [3.05, 3.63) is 29.3 Å². The third-order valence-electron chi connectivity index (χ3n) is 2.60. The Hall–Kier alpha value is -0.880. The van der Waals surface area contributed by atoms with E-state index >= 15 is 0 Å². The van der Waals surface area contributed by atoms with Crippen LogP contribution in [-0.2, 0) is 6.54 Å². The standard InChI is InChI=1S/C13H21N3OS/c1-10(17)13-5-4-12(8-11(13)9-15)18-16-7-3-2-6-14/h4-5,8,16H,2-3,6-7,9,14-15H2,1H3. The number of unbranched alkanes of at least 4 members (excludes halogenated alkanes) is 1. The van der Waals surface area contributed by atoms with Crippen molar-refractivity contribution in [3.63, 3.8) is 0 Å². The summed E-state index contributed by atoms with van der Waals surface area (Å²) in [5.74, 6) is 0.0582. The number of nitrogens with one attached hydrogen (secondary N) is 1. The molecule has 1 aromatic rings. The predicted molar refractivity (Wildman–Crippen MR) is 76.5 cm³/mol. The lowest BCUT2D eigenvalue weighted by Gasteiger charge is -2.08. The molecular formula is C13H21N3OS. The van der Waals surface area contributed by atoms with Gasteiger partial charge >= 0.3 is 0 Å². The molecule has 0 heterocycles. The summed E-state index contributed by atoms with van der Waals surface area (Å²) in [4.78, 5) is 12.5. The van der Waals surface area contributed by atoms with Crippen molar-refractivity contribution in [1.82, 2.24) is 4.72 Å². The van der Waals surface area contributed by atoms with E-state index in [0.29, 0.717) is 12.1 Å². The van der Waals surface area contributed by atoms with Crippen LogP contribution in [0.2, 0.25) is 0 Å². The number of benzene rings is 1. The lowest BCUT2D eigenvalue weighted by molar-refractivity contribution is 0.101. The van der Waals surface area contributed by atoms with Crippen LogP contribution in [0.15, 0.2) is 23.1 Å². The van der Waals surface area contributed by atoms with Gasteiger partial charge in [-0.05, 0) is 62.0 Å². The molecule has 0 unspecified atom stereocenters. The first-order valence-electron chi connectivity index (χ1n) is 6.12. The number of Topliss-reactive ketones (excluding diaryl/α,β-unsaturated/α-hetero) is 1. The fourth-order valence-corrected chi connectivity index (χ4v) is 2.37. The Kier molecular flexibility index (Phi) is 6.97. The minimum atomic E-state index is 0.0582. The quantitative estimate of drug-likeness (QED) is 0.379. The van der Waals surface area contributed by atoms with Gasteiger partial charge in [-0.2, -0.15) is 0 Å². The van der Waals surface area contributed by atoms with Gasteiger partial charge in [-0.3, -0.25) is 9.52 Å². The highest BCUT2D eigenvalue weighted by Crippen LogP contribution is 2.19. The van der Waals surface area contributed by atoms with E-state index in [1.54, 1.807) is 18.9 Å². The van der Waals surface area contributed by atoms with E-state index < -0.39 is 0 Å². The van der Waals surface area contributed by atoms with Crippen molar-refractivity contribution in [3.8, 4) is 0 Å². The molecule has 0 amide bonds. The third-order valence-corrected chi connectivity index (χ3v) is 3.44. The first-order valence-corrected chi connectivity index (χ1v) is 6.94. The van der Waals surface area contributed by atoms with Gasteiger partial charge in [0.2, 0.25) is 0 Å². The van der Waals surface area contributed by atoms with Crippen LogP contribution >= 0.6 is 11.9 Å². The molecule has 18 heavy (non-hydrogen) atoms. The summed E-state index contributed by atoms with van der Waals surface area (Å²) >= 11 is 1.56. The Bertz CT molecular complexity index is 396. The molecular weight excluding hydrogens is 246 g/mol. The minimum absolute atomic E-state index is 0.0582. The summed E-state index contributed by atoms with van der Waals surface area (Å²) < 4.78 is 3.27. The zero-order chi connectivity index (χ0) is 13.4. The summed E-state index contributed by atoms with van der Waals surface area (Å²) in [7, 11) is 0. The number of nitrogens with two attached hydrogens (primary N) is 2. The van der Waals surface area contributed by atoms with Gasteiger partial charge in [-0.25, -0.2) is 0 Å². The molecule has 4 nitrogen and oxygen atoms in total. The smallest absolute Gasteiger partial charge is 0.160 e. The first kappa shape index (κ1) is 15.2. The Morgan fingerprint density at radius 2 is 2.11 bits per heavy atom. The fourth-order valence-electron chi connectivity index (χ4n) is 1.62. The third kappa shape index (κ3) is 4.78. The highest BCUT2D eigenvalue weighted by molar-refractivity contribution is 7.97. The molecule has 5 N–H and O–H groups in total. The molecule has 0 saturated carbocycles. The summed E-state index contributed by atoms with van der Waals surface area (Å²) in [6.07, 6.45) is 2.10. The molecule has 0 aliphatic rings. The monoisotopic (exact) mass is 267 g/mol. The van der Waals surface area contributed by atoms with Gasteiger partial charge in [-0.15, -0.1) is 0 Å². The SMILES string of the molecule is CC(=O)c1ccc(SNCCCCN)cc1CN. The highest BCUT2D eigenvalue weighted by atomic mass is 32.2. The van der Waals surface area contributed by atoms with Crippen LogP contribution in [0.5, 0.6) is 0 Å². The summed E-state index contributed by atoms with van der Waals surface area (Å²) in [6.45, 7) is 3.61. The molecule has 0 fully saturated rings. The van der Waals surface area contributed by atoms with Crippen molar-refractivity contribution in [2.24, 2.45) is 11.5 Å². The molecule has 0 atom stereocenters. The summed E-state index contributed by atoms with van der Waals surface area (Å²) in [6, 6.07) is 5.75. The normalized spacial score (nSPS) is 10.6. The largest absolute Gasteiger partial charge is 0.330 e. The van der Waals surface area contributed by atoms with Gasteiger partial charge in [0.25, 0.3) is 0 Å². The minimum Gasteiger partial charge on any atom is -0.330 e. The van der Waals surface area contributed by atoms with Gasteiger partial charge < -0.3 is 11.5 Å². The first-order chi connectivity index (χ1) is 8.69. The number of rotatable bonds is 8. The average Bonchev–Trinajstić information content (AvgIpc) is 2.38. The topological polar surface area (TPSA) is 81.1 Å². The second-order valence-electron chi connectivity index (χ2n) is 4.07. The molecule has 100 valence electrons. The van der Waals surface area contributed by atoms with E-state index in [0.717, 1.165) is 36.4 Å². The van der Waals surface area contributed by atoms with E-state index in [9.17, 15) is 4.79 Å². The lowest BCUT2D eigenvalue weighted by Crippen LogP contribution is -2.09. The number of ketones is 1. The van der Waals surface area contributed by atoms with E-state index in [1.165, 1.54) is 0 Å². The number of hydrogen-bond donors (Lipinski definition) is 3. The second-order valence-corrected chi connectivity index (χ2v) is 5.04. The summed E-state index contributed by atoms with van der Waals surface area (Å²) in [5.41, 5.74) is 12.7. The molecule has 0 aliphatic carbocycles. The molecule has 0 aromatic heterocycles. The van der Waals surface area contributed by atoms with Crippen molar-refractivity contribution in [2.45, 2.75) is 31.2 Å². The molecule has 0 radical (unpaired) electrons. The van der Waals surface area contributed by atoms with Gasteiger partial charge in [0, 0.05) is 23.5 Å². The second kappa shape index (κ2) is 8.26. The van der Waals surface area contributed by atoms with Crippen LogP contribution in [0, 0.1) is 0 Å². The van der Waals surface area contributed by atoms with Crippen molar-refractivity contribution < 1.29 is 4.79 Å². The van der Waals surface area contributed by atoms with Gasteiger partial charge in [0.1, 0.15) is 0 Å². The maximum absolute atomic E-state index is 11.4. The fraction of sp³-hybridized carbons (Fsp3) is 0.462. The van der Waals surface area contributed by atoms with Gasteiger partial charge in [-0.1, -0.05) is 0 Å². The van der Waals surface area contributed by atoms with Crippen molar-refractivity contribution >= 4 is 17.7 Å². The van der Waals surface area contributed by atoms with Crippen LogP contribution in [0.25, 0.3) is 0 Å². The number of carbonyl (C=O) groups excluding carboxylic acids is 1. The van der Waals surface area contributed by atoms with E-state index in [-0.39, 0.29) is 5.78 Å². The van der Waals surface area contributed by atoms with Crippen LogP contribution in [-0.4, -0.2) is 18.9 Å². The number of carbonyl (C=O) groups is 1. The van der Waals surface area contributed by atoms with Crippen LogP contribution < -0.4 is 16.2 Å².